The molecule has 2 aromatic rings. The number of likely N-dealkylation sites (tertiary alicyclic amines) is 1. The number of alkyl halides is 3. The Hall–Kier alpha value is -2.49. The van der Waals surface area contributed by atoms with E-state index in [1.807, 2.05) is 18.2 Å². The van der Waals surface area contributed by atoms with E-state index in [2.05, 4.69) is 17.4 Å². The molecule has 2 amide bonds. The summed E-state index contributed by atoms with van der Waals surface area (Å²) in [5, 5.41) is 4.44. The third kappa shape index (κ3) is 7.25. The molecular formula is C22H24Cl2F3N3O3. The van der Waals surface area contributed by atoms with Crippen molar-refractivity contribution in [2.45, 2.75) is 31.6 Å². The van der Waals surface area contributed by atoms with Crippen molar-refractivity contribution in [1.29, 1.82) is 0 Å². The summed E-state index contributed by atoms with van der Waals surface area (Å²) in [4.78, 5) is 25.4. The summed E-state index contributed by atoms with van der Waals surface area (Å²) in [6, 6.07) is 12.5. The fourth-order valence-corrected chi connectivity index (χ4v) is 3.89. The fraction of sp³-hybridized carbons (Fsp3) is 0.364. The third-order valence-corrected chi connectivity index (χ3v) is 5.68. The first-order valence-corrected chi connectivity index (χ1v) is 10.5. The number of methoxy groups -OCH3 is 1. The van der Waals surface area contributed by atoms with Crippen molar-refractivity contribution in [3.05, 3.63) is 58.6 Å². The number of quaternary nitrogens is 1. The van der Waals surface area contributed by atoms with Crippen molar-refractivity contribution in [1.82, 2.24) is 5.32 Å². The van der Waals surface area contributed by atoms with Crippen LogP contribution in [0.15, 0.2) is 42.5 Å². The highest BCUT2D eigenvalue weighted by atomic mass is 35.5. The largest absolute Gasteiger partial charge is 1.00 e. The Kier molecular flexibility index (Phi) is 9.39. The number of benzene rings is 2. The molecule has 0 aromatic heterocycles. The van der Waals surface area contributed by atoms with E-state index in [1.54, 1.807) is 5.32 Å². The number of rotatable bonds is 6. The number of amides is 2. The third-order valence-electron chi connectivity index (χ3n) is 5.36. The predicted octanol–water partition coefficient (Wildman–Crippen LogP) is -0.169. The van der Waals surface area contributed by atoms with Gasteiger partial charge in [-0.2, -0.15) is 13.2 Å². The maximum absolute atomic E-state index is 12.8. The summed E-state index contributed by atoms with van der Waals surface area (Å²) in [6.45, 7) is 2.73. The van der Waals surface area contributed by atoms with Crippen molar-refractivity contribution >= 4 is 29.1 Å². The van der Waals surface area contributed by atoms with Gasteiger partial charge < -0.3 is 32.7 Å². The zero-order chi connectivity index (χ0) is 23.3. The second-order valence-electron chi connectivity index (χ2n) is 7.64. The minimum atomic E-state index is -5.07. The molecule has 1 saturated heterocycles. The lowest BCUT2D eigenvalue weighted by atomic mass is 10.0. The van der Waals surface area contributed by atoms with Gasteiger partial charge in [0.2, 0.25) is 0 Å². The molecule has 0 spiro atoms. The summed E-state index contributed by atoms with van der Waals surface area (Å²) in [7, 11) is 1.28. The highest BCUT2D eigenvalue weighted by Gasteiger charge is 2.39. The van der Waals surface area contributed by atoms with Gasteiger partial charge in [0, 0.05) is 30.5 Å². The maximum atomic E-state index is 12.8. The summed E-state index contributed by atoms with van der Waals surface area (Å²) in [5.41, 5.74) is 1.06. The molecular weight excluding hydrogens is 482 g/mol. The second-order valence-corrected chi connectivity index (χ2v) is 8.05. The molecule has 1 heterocycles. The highest BCUT2D eigenvalue weighted by molar-refractivity contribution is 6.34. The molecule has 0 atom stereocenters. The number of hydrogen-bond donors (Lipinski definition) is 3. The first kappa shape index (κ1) is 26.8. The van der Waals surface area contributed by atoms with Gasteiger partial charge in [-0.1, -0.05) is 41.9 Å². The number of anilines is 1. The van der Waals surface area contributed by atoms with Gasteiger partial charge in [-0.15, -0.1) is 0 Å². The van der Waals surface area contributed by atoms with Gasteiger partial charge in [-0.05, 0) is 6.07 Å². The Morgan fingerprint density at radius 3 is 2.36 bits per heavy atom. The molecule has 33 heavy (non-hydrogen) atoms. The zero-order valence-corrected chi connectivity index (χ0v) is 19.3. The van der Waals surface area contributed by atoms with Gasteiger partial charge in [-0.3, -0.25) is 9.59 Å². The van der Waals surface area contributed by atoms with E-state index in [0.29, 0.717) is 0 Å². The number of carbonyl (C=O) groups is 2. The quantitative estimate of drug-likeness (QED) is 0.510. The first-order valence-electron chi connectivity index (χ1n) is 10.1. The van der Waals surface area contributed by atoms with Crippen LogP contribution in [-0.2, 0) is 11.3 Å². The van der Waals surface area contributed by atoms with Gasteiger partial charge in [0.1, 0.15) is 12.3 Å². The van der Waals surface area contributed by atoms with Crippen LogP contribution in [0, 0.1) is 0 Å². The molecule has 0 saturated carbocycles. The lowest BCUT2D eigenvalue weighted by Crippen LogP contribution is -3.12. The van der Waals surface area contributed by atoms with E-state index in [0.717, 1.165) is 38.5 Å². The predicted molar refractivity (Wildman–Crippen MR) is 114 cm³/mol. The number of hydrogen-bond acceptors (Lipinski definition) is 3. The topological polar surface area (TPSA) is 71.9 Å². The first-order chi connectivity index (χ1) is 15.2. The molecule has 0 aliphatic carbocycles. The second kappa shape index (κ2) is 11.6. The van der Waals surface area contributed by atoms with Crippen molar-refractivity contribution in [2.24, 2.45) is 0 Å². The maximum Gasteiger partial charge on any atom is 0.471 e. The summed E-state index contributed by atoms with van der Waals surface area (Å²) in [5.74, 6) is -2.59. The molecule has 0 radical (unpaired) electrons. The minimum absolute atomic E-state index is 0. The van der Waals surface area contributed by atoms with Gasteiger partial charge in [0.15, 0.2) is 0 Å². The smallest absolute Gasteiger partial charge is 0.471 e. The molecule has 3 rings (SSSR count). The van der Waals surface area contributed by atoms with E-state index in [9.17, 15) is 22.8 Å². The molecule has 1 aliphatic heterocycles. The average molecular weight is 506 g/mol. The molecule has 180 valence electrons. The van der Waals surface area contributed by atoms with Crippen LogP contribution in [0.5, 0.6) is 5.75 Å². The van der Waals surface area contributed by atoms with E-state index in [-0.39, 0.29) is 40.5 Å². The number of ether oxygens (including phenoxy) is 1. The van der Waals surface area contributed by atoms with Crippen LogP contribution < -0.4 is 32.7 Å². The van der Waals surface area contributed by atoms with Gasteiger partial charge in [-0.25, -0.2) is 0 Å². The van der Waals surface area contributed by atoms with Crippen LogP contribution >= 0.6 is 11.6 Å². The molecule has 2 aromatic carbocycles. The van der Waals surface area contributed by atoms with Crippen molar-refractivity contribution in [3.63, 3.8) is 0 Å². The molecule has 6 nitrogen and oxygen atoms in total. The highest BCUT2D eigenvalue weighted by Crippen LogP contribution is 2.32. The van der Waals surface area contributed by atoms with Crippen LogP contribution in [0.4, 0.5) is 18.9 Å². The van der Waals surface area contributed by atoms with Crippen LogP contribution in [0.25, 0.3) is 0 Å². The summed E-state index contributed by atoms with van der Waals surface area (Å²) >= 11 is 6.01. The van der Waals surface area contributed by atoms with Crippen LogP contribution in [0.3, 0.4) is 0 Å². The van der Waals surface area contributed by atoms with Crippen LogP contribution in [0.2, 0.25) is 5.02 Å². The number of piperidine rings is 1. The fourth-order valence-electron chi connectivity index (χ4n) is 3.68. The molecule has 0 unspecified atom stereocenters. The van der Waals surface area contributed by atoms with Gasteiger partial charge in [0.05, 0.1) is 36.5 Å². The Bertz CT molecular complexity index is 967. The SMILES string of the molecule is COc1cc(NC(=O)C(F)(F)F)c(Cl)cc1C(=O)NC1CC[NH+](Cc2ccccc2)CC1.[Cl-]. The minimum Gasteiger partial charge on any atom is -1.00 e. The van der Waals surface area contributed by atoms with E-state index in [4.69, 9.17) is 16.3 Å². The summed E-state index contributed by atoms with van der Waals surface area (Å²) in [6.07, 6.45) is -3.47. The van der Waals surface area contributed by atoms with Crippen LogP contribution in [-0.4, -0.2) is 44.2 Å². The average Bonchev–Trinajstić information content (AvgIpc) is 2.76. The Morgan fingerprint density at radius 1 is 1.15 bits per heavy atom. The molecule has 1 aliphatic rings. The molecule has 3 N–H and O–H groups in total. The Morgan fingerprint density at radius 2 is 1.79 bits per heavy atom. The van der Waals surface area contributed by atoms with Crippen molar-refractivity contribution in [2.75, 3.05) is 25.5 Å². The van der Waals surface area contributed by atoms with Crippen LogP contribution in [0.1, 0.15) is 28.8 Å². The zero-order valence-electron chi connectivity index (χ0n) is 17.8. The van der Waals surface area contributed by atoms with Gasteiger partial charge >= 0.3 is 12.1 Å². The van der Waals surface area contributed by atoms with Gasteiger partial charge in [0.25, 0.3) is 5.91 Å². The molecule has 0 bridgehead atoms. The lowest BCUT2D eigenvalue weighted by molar-refractivity contribution is -0.918. The number of nitrogens with one attached hydrogen (secondary N) is 3. The monoisotopic (exact) mass is 505 g/mol. The van der Waals surface area contributed by atoms with Crippen molar-refractivity contribution in [3.8, 4) is 5.75 Å². The summed E-state index contributed by atoms with van der Waals surface area (Å²) < 4.78 is 42.7. The van der Waals surface area contributed by atoms with E-state index >= 15 is 0 Å². The number of halogens is 5. The van der Waals surface area contributed by atoms with E-state index in [1.165, 1.54) is 23.6 Å². The lowest BCUT2D eigenvalue weighted by Gasteiger charge is -2.30. The Balaban J connectivity index is 0.00000385. The van der Waals surface area contributed by atoms with Crippen molar-refractivity contribution < 1.29 is 44.8 Å². The molecule has 11 heteroatoms. The Labute approximate surface area is 200 Å². The number of carbonyl (C=O) groups excluding carboxylic acids is 2. The normalized spacial score (nSPS) is 18.1. The molecule has 1 fully saturated rings. The van der Waals surface area contributed by atoms with E-state index < -0.39 is 18.0 Å². The standard InChI is InChI=1S/C22H23ClF3N3O3.ClH/c1-32-19-12-18(28-21(31)22(24,25)26)17(23)11-16(19)20(30)27-15-7-9-29(10-8-15)13-14-5-3-2-4-6-14;/h2-6,11-12,15H,7-10,13H2,1H3,(H,27,30)(H,28,31);1H.